The van der Waals surface area contributed by atoms with Gasteiger partial charge >= 0.3 is 0 Å². The number of hydrogen-bond acceptors (Lipinski definition) is 2. The van der Waals surface area contributed by atoms with Crippen LogP contribution in [0.2, 0.25) is 0 Å². The van der Waals surface area contributed by atoms with Crippen molar-refractivity contribution < 1.29 is 0 Å². The van der Waals surface area contributed by atoms with Gasteiger partial charge in [0.25, 0.3) is 0 Å². The van der Waals surface area contributed by atoms with Crippen molar-refractivity contribution in [1.82, 2.24) is 4.31 Å². The van der Waals surface area contributed by atoms with E-state index in [2.05, 4.69) is 31.0 Å². The summed E-state index contributed by atoms with van der Waals surface area (Å²) in [5, 5.41) is 0. The van der Waals surface area contributed by atoms with Gasteiger partial charge in [-0.25, -0.2) is 4.31 Å². The van der Waals surface area contributed by atoms with Gasteiger partial charge in [-0.1, -0.05) is 33.1 Å². The highest BCUT2D eigenvalue weighted by molar-refractivity contribution is 7.77. The Morgan fingerprint density at radius 3 is 2.50 bits per heavy atom. The molecule has 0 saturated carbocycles. The molecule has 1 saturated heterocycles. The molecule has 60 valence electrons. The number of thiol groups is 1. The summed E-state index contributed by atoms with van der Waals surface area (Å²) in [6.45, 7) is 5.71. The van der Waals surface area contributed by atoms with Crippen molar-refractivity contribution in [3.8, 4) is 0 Å². The zero-order valence-corrected chi connectivity index (χ0v) is 7.77. The fourth-order valence-electron chi connectivity index (χ4n) is 1.92. The Bertz CT molecular complexity index is 105. The third kappa shape index (κ3) is 1.48. The first kappa shape index (κ1) is 8.41. The molecule has 1 aliphatic heterocycles. The van der Waals surface area contributed by atoms with Gasteiger partial charge < -0.3 is 0 Å². The summed E-state index contributed by atoms with van der Waals surface area (Å²) in [7, 11) is 0. The molecule has 0 spiro atoms. The van der Waals surface area contributed by atoms with Crippen LogP contribution in [0.25, 0.3) is 0 Å². The van der Waals surface area contributed by atoms with Crippen molar-refractivity contribution in [3.05, 3.63) is 0 Å². The molecule has 0 aliphatic carbocycles. The summed E-state index contributed by atoms with van der Waals surface area (Å²) in [5.74, 6) is 0.905. The summed E-state index contributed by atoms with van der Waals surface area (Å²) in [4.78, 5) is 0. The molecular formula is C8H17NS. The Hall–Kier alpha value is 0.310. The average Bonchev–Trinajstić information content (AvgIpc) is 2.30. The molecule has 0 amide bonds. The minimum Gasteiger partial charge on any atom is -0.250 e. The molecular weight excluding hydrogens is 142 g/mol. The predicted octanol–water partition coefficient (Wildman–Crippen LogP) is 2.34. The maximum Gasteiger partial charge on any atom is 0.0226 e. The second-order valence-electron chi connectivity index (χ2n) is 3.10. The summed E-state index contributed by atoms with van der Waals surface area (Å²) in [6.07, 6.45) is 3.91. The fourth-order valence-corrected chi connectivity index (χ4v) is 2.39. The molecule has 1 nitrogen and oxygen atoms in total. The Kier molecular flexibility index (Phi) is 3.05. The molecule has 2 atom stereocenters. The lowest BCUT2D eigenvalue weighted by molar-refractivity contribution is 0.348. The second kappa shape index (κ2) is 3.63. The first-order chi connectivity index (χ1) is 4.79. The first-order valence-corrected chi connectivity index (χ1v) is 4.65. The van der Waals surface area contributed by atoms with Crippen molar-refractivity contribution >= 4 is 12.8 Å². The smallest absolute Gasteiger partial charge is 0.0226 e. The van der Waals surface area contributed by atoms with Gasteiger partial charge in [0.2, 0.25) is 0 Å². The van der Waals surface area contributed by atoms with E-state index in [9.17, 15) is 0 Å². The van der Waals surface area contributed by atoms with E-state index < -0.39 is 0 Å². The summed E-state index contributed by atoms with van der Waals surface area (Å²) >= 11 is 4.41. The lowest BCUT2D eigenvalue weighted by Gasteiger charge is -2.20. The van der Waals surface area contributed by atoms with Crippen LogP contribution < -0.4 is 0 Å². The van der Waals surface area contributed by atoms with Crippen molar-refractivity contribution in [1.29, 1.82) is 0 Å². The van der Waals surface area contributed by atoms with Gasteiger partial charge in [0.05, 0.1) is 0 Å². The van der Waals surface area contributed by atoms with E-state index in [0.717, 1.165) is 12.0 Å². The highest BCUT2D eigenvalue weighted by Gasteiger charge is 2.29. The molecule has 1 aliphatic rings. The third-order valence-corrected chi connectivity index (χ3v) is 3.10. The van der Waals surface area contributed by atoms with Crippen LogP contribution in [-0.4, -0.2) is 16.9 Å². The van der Waals surface area contributed by atoms with Crippen molar-refractivity contribution in [3.63, 3.8) is 0 Å². The molecule has 1 rings (SSSR count). The fraction of sp³-hybridized carbons (Fsp3) is 1.00. The molecule has 0 N–H and O–H groups in total. The Morgan fingerprint density at radius 2 is 2.10 bits per heavy atom. The maximum absolute atomic E-state index is 4.41. The summed E-state index contributed by atoms with van der Waals surface area (Å²) < 4.78 is 2.20. The minimum absolute atomic E-state index is 0.744. The Morgan fingerprint density at radius 1 is 1.40 bits per heavy atom. The van der Waals surface area contributed by atoms with Gasteiger partial charge in [-0.3, -0.25) is 0 Å². The number of hydrogen-bond donors (Lipinski definition) is 1. The molecule has 1 heterocycles. The normalized spacial score (nSPS) is 35.1. The lowest BCUT2D eigenvalue weighted by Crippen LogP contribution is -2.23. The summed E-state index contributed by atoms with van der Waals surface area (Å²) in [5.41, 5.74) is 0. The molecule has 0 bridgehead atoms. The van der Waals surface area contributed by atoms with Gasteiger partial charge in [-0.05, 0) is 18.8 Å². The Balaban J connectivity index is 2.45. The monoisotopic (exact) mass is 159 g/mol. The van der Waals surface area contributed by atoms with Crippen LogP contribution in [0, 0.1) is 5.92 Å². The average molecular weight is 159 g/mol. The van der Waals surface area contributed by atoms with Crippen LogP contribution >= 0.6 is 12.8 Å². The molecule has 2 unspecified atom stereocenters. The van der Waals surface area contributed by atoms with E-state index >= 15 is 0 Å². The standard InChI is InChI=1S/C8H17NS/c1-3-7-5-6-9(10)8(7)4-2/h7-8,10H,3-6H2,1-2H3. The van der Waals surface area contributed by atoms with E-state index in [1.165, 1.54) is 25.8 Å². The van der Waals surface area contributed by atoms with Gasteiger partial charge in [0.1, 0.15) is 0 Å². The summed E-state index contributed by atoms with van der Waals surface area (Å²) in [6, 6.07) is 0.744. The van der Waals surface area contributed by atoms with Gasteiger partial charge in [0, 0.05) is 12.6 Å². The van der Waals surface area contributed by atoms with Crippen LogP contribution in [0.4, 0.5) is 0 Å². The van der Waals surface area contributed by atoms with Gasteiger partial charge in [-0.15, -0.1) is 0 Å². The van der Waals surface area contributed by atoms with Crippen molar-refractivity contribution in [2.45, 2.75) is 39.2 Å². The number of nitrogens with zero attached hydrogens (tertiary/aromatic N) is 1. The van der Waals surface area contributed by atoms with E-state index in [1.54, 1.807) is 0 Å². The number of rotatable bonds is 2. The van der Waals surface area contributed by atoms with Crippen molar-refractivity contribution in [2.24, 2.45) is 5.92 Å². The van der Waals surface area contributed by atoms with Crippen LogP contribution in [-0.2, 0) is 0 Å². The molecule has 0 radical (unpaired) electrons. The van der Waals surface area contributed by atoms with E-state index in [1.807, 2.05) is 0 Å². The predicted molar refractivity (Wildman–Crippen MR) is 48.2 cm³/mol. The van der Waals surface area contributed by atoms with Crippen LogP contribution in [0.15, 0.2) is 0 Å². The maximum atomic E-state index is 4.41. The highest BCUT2D eigenvalue weighted by Crippen LogP contribution is 2.29. The molecule has 1 fully saturated rings. The largest absolute Gasteiger partial charge is 0.250 e. The van der Waals surface area contributed by atoms with E-state index in [0.29, 0.717) is 0 Å². The molecule has 2 heteroatoms. The van der Waals surface area contributed by atoms with Crippen LogP contribution in [0.1, 0.15) is 33.1 Å². The van der Waals surface area contributed by atoms with Gasteiger partial charge in [0.15, 0.2) is 0 Å². The Labute approximate surface area is 69.3 Å². The van der Waals surface area contributed by atoms with E-state index in [-0.39, 0.29) is 0 Å². The topological polar surface area (TPSA) is 3.24 Å². The molecule has 0 aromatic heterocycles. The van der Waals surface area contributed by atoms with E-state index in [4.69, 9.17) is 0 Å². The SMILES string of the molecule is CCC1CCN(S)C1CC. The second-order valence-corrected chi connectivity index (χ2v) is 3.61. The van der Waals surface area contributed by atoms with Crippen LogP contribution in [0.3, 0.4) is 0 Å². The molecule has 0 aromatic rings. The van der Waals surface area contributed by atoms with Gasteiger partial charge in [-0.2, -0.15) is 0 Å². The van der Waals surface area contributed by atoms with Crippen molar-refractivity contribution in [2.75, 3.05) is 6.54 Å². The zero-order valence-electron chi connectivity index (χ0n) is 6.88. The quantitative estimate of drug-likeness (QED) is 0.605. The highest BCUT2D eigenvalue weighted by atomic mass is 32.1. The molecule has 0 aromatic carbocycles. The molecule has 10 heavy (non-hydrogen) atoms. The zero-order chi connectivity index (χ0) is 7.56. The minimum atomic E-state index is 0.744. The third-order valence-electron chi connectivity index (χ3n) is 2.60. The lowest BCUT2D eigenvalue weighted by atomic mass is 9.96. The first-order valence-electron chi connectivity index (χ1n) is 4.25. The van der Waals surface area contributed by atoms with Crippen LogP contribution in [0.5, 0.6) is 0 Å².